The Bertz CT molecular complexity index is 558. The summed E-state index contributed by atoms with van der Waals surface area (Å²) in [6, 6.07) is 0. The fourth-order valence-corrected chi connectivity index (χ4v) is 2.62. The highest BCUT2D eigenvalue weighted by molar-refractivity contribution is 7.90. The van der Waals surface area contributed by atoms with Crippen molar-refractivity contribution >= 4 is 21.5 Å². The fourth-order valence-electron chi connectivity index (χ4n) is 2.02. The van der Waals surface area contributed by atoms with Crippen LogP contribution in [-0.4, -0.2) is 50.5 Å². The maximum atomic E-state index is 11.3. The number of hydrogen-bond donors (Lipinski definition) is 1. The van der Waals surface area contributed by atoms with Gasteiger partial charge in [0.1, 0.15) is 27.8 Å². The van der Waals surface area contributed by atoms with Gasteiger partial charge in [0, 0.05) is 32.0 Å². The van der Waals surface area contributed by atoms with Gasteiger partial charge in [0.25, 0.3) is 0 Å². The molecule has 120 valence electrons. The van der Waals surface area contributed by atoms with Crippen molar-refractivity contribution in [1.29, 1.82) is 0 Å². The maximum Gasteiger partial charge on any atom is 0.149 e. The Morgan fingerprint density at radius 2 is 2.00 bits per heavy atom. The first kappa shape index (κ1) is 17.7. The van der Waals surface area contributed by atoms with Crippen LogP contribution in [0.4, 0.5) is 11.6 Å². The Hall–Kier alpha value is -1.37. The Balaban J connectivity index is 3.04. The van der Waals surface area contributed by atoms with Gasteiger partial charge in [-0.15, -0.1) is 0 Å². The second-order valence-electron chi connectivity index (χ2n) is 5.59. The van der Waals surface area contributed by atoms with Crippen molar-refractivity contribution in [3.8, 4) is 0 Å². The molecule has 0 aromatic carbocycles. The summed E-state index contributed by atoms with van der Waals surface area (Å²) in [4.78, 5) is 10.6. The van der Waals surface area contributed by atoms with E-state index in [1.807, 2.05) is 11.9 Å². The third-order valence-corrected chi connectivity index (χ3v) is 4.07. The molecule has 0 aliphatic rings. The molecule has 0 bridgehead atoms. The molecular weight excluding hydrogens is 288 g/mol. The van der Waals surface area contributed by atoms with E-state index >= 15 is 0 Å². The molecule has 0 aliphatic carbocycles. The van der Waals surface area contributed by atoms with Gasteiger partial charge in [0.05, 0.1) is 5.75 Å². The molecule has 1 heterocycles. The summed E-state index contributed by atoms with van der Waals surface area (Å²) in [7, 11) is -1.12. The van der Waals surface area contributed by atoms with Crippen LogP contribution in [-0.2, 0) is 9.84 Å². The smallest absolute Gasteiger partial charge is 0.149 e. The molecule has 0 atom stereocenters. The summed E-state index contributed by atoms with van der Waals surface area (Å²) in [5.74, 6) is 1.99. The van der Waals surface area contributed by atoms with E-state index in [2.05, 4.69) is 36.1 Å². The molecule has 6 nitrogen and oxygen atoms in total. The van der Waals surface area contributed by atoms with Gasteiger partial charge < -0.3 is 10.2 Å². The predicted octanol–water partition coefficient (Wildman–Crippen LogP) is 1.90. The monoisotopic (exact) mass is 314 g/mol. The molecule has 0 unspecified atom stereocenters. The zero-order chi connectivity index (χ0) is 16.0. The van der Waals surface area contributed by atoms with Gasteiger partial charge in [0.2, 0.25) is 0 Å². The molecule has 0 fully saturated rings. The first-order valence-corrected chi connectivity index (χ1v) is 9.30. The van der Waals surface area contributed by atoms with Crippen molar-refractivity contribution in [2.75, 3.05) is 42.4 Å². The summed E-state index contributed by atoms with van der Waals surface area (Å²) in [5, 5.41) is 3.32. The minimum absolute atomic E-state index is 0.114. The van der Waals surface area contributed by atoms with Gasteiger partial charge in [-0.25, -0.2) is 18.4 Å². The maximum absolute atomic E-state index is 11.3. The first-order valence-electron chi connectivity index (χ1n) is 7.23. The van der Waals surface area contributed by atoms with Crippen molar-refractivity contribution in [2.45, 2.75) is 33.1 Å². The molecule has 0 aliphatic heterocycles. The van der Waals surface area contributed by atoms with E-state index in [1.165, 1.54) is 12.6 Å². The molecule has 0 radical (unpaired) electrons. The Kier molecular flexibility index (Phi) is 6.39. The van der Waals surface area contributed by atoms with E-state index in [4.69, 9.17) is 0 Å². The van der Waals surface area contributed by atoms with Crippen LogP contribution in [0.25, 0.3) is 0 Å². The van der Waals surface area contributed by atoms with Crippen LogP contribution in [0.15, 0.2) is 6.33 Å². The first-order chi connectivity index (χ1) is 9.76. The van der Waals surface area contributed by atoms with Crippen LogP contribution in [0.1, 0.15) is 38.7 Å². The summed E-state index contributed by atoms with van der Waals surface area (Å²) in [5.41, 5.74) is 1.03. The summed E-state index contributed by atoms with van der Waals surface area (Å²) in [6.45, 7) is 7.54. The average Bonchev–Trinajstić information content (AvgIpc) is 2.40. The largest absolute Gasteiger partial charge is 0.370 e. The molecule has 0 spiro atoms. The summed E-state index contributed by atoms with van der Waals surface area (Å²) < 4.78 is 22.6. The van der Waals surface area contributed by atoms with E-state index in [0.717, 1.165) is 30.2 Å². The Morgan fingerprint density at radius 3 is 2.52 bits per heavy atom. The topological polar surface area (TPSA) is 75.2 Å². The lowest BCUT2D eigenvalue weighted by atomic mass is 10.0. The van der Waals surface area contributed by atoms with Crippen LogP contribution in [0.5, 0.6) is 0 Å². The van der Waals surface area contributed by atoms with E-state index in [0.29, 0.717) is 6.54 Å². The van der Waals surface area contributed by atoms with Crippen LogP contribution in [0.3, 0.4) is 0 Å². The highest BCUT2D eigenvalue weighted by Gasteiger charge is 2.18. The minimum atomic E-state index is -2.99. The lowest BCUT2D eigenvalue weighted by Crippen LogP contribution is -2.27. The van der Waals surface area contributed by atoms with Crippen molar-refractivity contribution in [3.63, 3.8) is 0 Å². The molecule has 1 aromatic rings. The fraction of sp³-hybridized carbons (Fsp3) is 0.714. The van der Waals surface area contributed by atoms with E-state index < -0.39 is 9.84 Å². The molecule has 0 saturated carbocycles. The zero-order valence-corrected chi connectivity index (χ0v) is 14.4. The summed E-state index contributed by atoms with van der Waals surface area (Å²) >= 11 is 0. The van der Waals surface area contributed by atoms with E-state index in [-0.39, 0.29) is 11.7 Å². The van der Waals surface area contributed by atoms with E-state index in [1.54, 1.807) is 0 Å². The second kappa shape index (κ2) is 7.59. The molecule has 1 aromatic heterocycles. The van der Waals surface area contributed by atoms with Crippen molar-refractivity contribution in [2.24, 2.45) is 0 Å². The number of nitrogens with zero attached hydrogens (tertiary/aromatic N) is 3. The molecule has 0 amide bonds. The highest BCUT2D eigenvalue weighted by Crippen LogP contribution is 2.30. The zero-order valence-electron chi connectivity index (χ0n) is 13.5. The number of hydrogen-bond acceptors (Lipinski definition) is 6. The van der Waals surface area contributed by atoms with E-state index in [9.17, 15) is 8.42 Å². The van der Waals surface area contributed by atoms with Crippen molar-refractivity contribution in [1.82, 2.24) is 9.97 Å². The van der Waals surface area contributed by atoms with Gasteiger partial charge in [-0.05, 0) is 12.3 Å². The van der Waals surface area contributed by atoms with Gasteiger partial charge in [-0.1, -0.05) is 20.8 Å². The quantitative estimate of drug-likeness (QED) is 0.790. The third kappa shape index (κ3) is 5.49. The number of sulfone groups is 1. The molecular formula is C14H26N4O2S. The van der Waals surface area contributed by atoms with Crippen LogP contribution >= 0.6 is 0 Å². The molecule has 21 heavy (non-hydrogen) atoms. The lowest BCUT2D eigenvalue weighted by Gasteiger charge is -2.24. The normalized spacial score (nSPS) is 11.7. The lowest BCUT2D eigenvalue weighted by molar-refractivity contribution is 0.601. The molecule has 1 N–H and O–H groups in total. The van der Waals surface area contributed by atoms with Crippen LogP contribution < -0.4 is 10.2 Å². The third-order valence-electron chi connectivity index (χ3n) is 3.14. The van der Waals surface area contributed by atoms with Gasteiger partial charge in [-0.3, -0.25) is 0 Å². The Labute approximate surface area is 127 Å². The van der Waals surface area contributed by atoms with Crippen molar-refractivity contribution in [3.05, 3.63) is 11.9 Å². The van der Waals surface area contributed by atoms with Crippen LogP contribution in [0, 0.1) is 0 Å². The van der Waals surface area contributed by atoms with Crippen LogP contribution in [0.2, 0.25) is 0 Å². The van der Waals surface area contributed by atoms with Gasteiger partial charge in [0.15, 0.2) is 0 Å². The minimum Gasteiger partial charge on any atom is -0.370 e. The standard InChI is InChI=1S/C14H26N4O2S/c1-6-7-15-13-12(11(2)3)14(17-10-16-13)18(4)8-9-21(5,19)20/h10-11H,6-9H2,1-5H3,(H,15,16,17). The summed E-state index contributed by atoms with van der Waals surface area (Å²) in [6.07, 6.45) is 3.79. The number of aromatic nitrogens is 2. The number of nitrogens with one attached hydrogen (secondary N) is 1. The predicted molar refractivity (Wildman–Crippen MR) is 87.9 cm³/mol. The number of rotatable bonds is 8. The number of anilines is 2. The van der Waals surface area contributed by atoms with Gasteiger partial charge >= 0.3 is 0 Å². The van der Waals surface area contributed by atoms with Crippen molar-refractivity contribution < 1.29 is 8.42 Å². The van der Waals surface area contributed by atoms with Gasteiger partial charge in [-0.2, -0.15) is 0 Å². The highest BCUT2D eigenvalue weighted by atomic mass is 32.2. The average molecular weight is 314 g/mol. The molecule has 0 saturated heterocycles. The molecule has 1 rings (SSSR count). The SMILES string of the molecule is CCCNc1ncnc(N(C)CCS(C)(=O)=O)c1C(C)C. The second-order valence-corrected chi connectivity index (χ2v) is 7.85. The Morgan fingerprint density at radius 1 is 1.33 bits per heavy atom. The molecule has 7 heteroatoms.